The van der Waals surface area contributed by atoms with E-state index in [0.717, 1.165) is 60.3 Å². The number of fused-ring (bicyclic) bond motifs is 9. The van der Waals surface area contributed by atoms with Crippen molar-refractivity contribution in [3.63, 3.8) is 0 Å². The Morgan fingerprint density at radius 3 is 1.91 bits per heavy atom. The Hall–Kier alpha value is -7.34. The summed E-state index contributed by atoms with van der Waals surface area (Å²) in [4.78, 5) is 10.9. The fourth-order valence-corrected chi connectivity index (χ4v) is 9.92. The van der Waals surface area contributed by atoms with E-state index in [4.69, 9.17) is 9.97 Å². The first-order valence-corrected chi connectivity index (χ1v) is 20.1. The van der Waals surface area contributed by atoms with Gasteiger partial charge in [-0.2, -0.15) is 0 Å². The highest BCUT2D eigenvalue weighted by Crippen LogP contribution is 2.44. The van der Waals surface area contributed by atoms with Crippen LogP contribution in [0, 0.1) is 0 Å². The molecule has 0 bridgehead atoms. The van der Waals surface area contributed by atoms with Gasteiger partial charge >= 0.3 is 0 Å². The maximum Gasteiger partial charge on any atom is 0.235 e. The van der Waals surface area contributed by atoms with E-state index < -0.39 is 0 Å². The molecule has 4 heterocycles. The third-order valence-electron chi connectivity index (χ3n) is 11.4. The minimum absolute atomic E-state index is 0.659. The second-order valence-electron chi connectivity index (χ2n) is 14.6. The fourth-order valence-electron chi connectivity index (χ4n) is 8.89. The molecule has 0 fully saturated rings. The van der Waals surface area contributed by atoms with E-state index in [1.807, 2.05) is 0 Å². The Morgan fingerprint density at radius 1 is 0.421 bits per heavy atom. The van der Waals surface area contributed by atoms with Gasteiger partial charge in [0.05, 0.1) is 38.0 Å². The van der Waals surface area contributed by atoms with Crippen LogP contribution in [0.2, 0.25) is 0 Å². The Kier molecular flexibility index (Phi) is 7.06. The maximum atomic E-state index is 5.47. The highest BCUT2D eigenvalue weighted by Gasteiger charge is 2.23. The predicted octanol–water partition coefficient (Wildman–Crippen LogP) is 14.0. The molecule has 0 aliphatic rings. The van der Waals surface area contributed by atoms with Crippen LogP contribution in [0.5, 0.6) is 0 Å². The smallest absolute Gasteiger partial charge is 0.235 e. The van der Waals surface area contributed by atoms with Crippen LogP contribution in [0.25, 0.3) is 110 Å². The molecular formula is C52H32N4S. The summed E-state index contributed by atoms with van der Waals surface area (Å²) in [7, 11) is 0. The van der Waals surface area contributed by atoms with Gasteiger partial charge in [0.1, 0.15) is 0 Å². The molecule has 0 aliphatic carbocycles. The number of aromatic nitrogens is 4. The standard InChI is InChI=1S/C52H32N4S/c1-4-15-33(16-5-1)43-32-57-51-48(35-18-6-2-7-19-35)53-52(54-49(43)51)56-45-29-28-36(31-42(45)47-38-22-11-10-17-34(38)27-30-46(47)56)39-24-14-25-41-40-23-12-13-26-44(40)55(50(39)41)37-20-8-3-9-21-37/h1-32H. The fraction of sp³-hybridized carbons (Fsp3) is 0. The number of benzene rings is 8. The van der Waals surface area contributed by atoms with Crippen molar-refractivity contribution >= 4 is 75.9 Å². The van der Waals surface area contributed by atoms with E-state index in [-0.39, 0.29) is 0 Å². The number of thiophene rings is 1. The van der Waals surface area contributed by atoms with Crippen LogP contribution in [0.1, 0.15) is 0 Å². The average Bonchev–Trinajstić information content (AvgIpc) is 3.97. The average molecular weight is 745 g/mol. The van der Waals surface area contributed by atoms with Gasteiger partial charge in [0.15, 0.2) is 0 Å². The number of nitrogens with zero attached hydrogens (tertiary/aromatic N) is 4. The van der Waals surface area contributed by atoms with Crippen LogP contribution in [-0.2, 0) is 0 Å². The second-order valence-corrected chi connectivity index (χ2v) is 15.4. The molecular weight excluding hydrogens is 713 g/mol. The summed E-state index contributed by atoms with van der Waals surface area (Å²) in [5.74, 6) is 0.659. The lowest BCUT2D eigenvalue weighted by Crippen LogP contribution is -2.03. The van der Waals surface area contributed by atoms with Crippen LogP contribution in [-0.4, -0.2) is 19.1 Å². The van der Waals surface area contributed by atoms with Gasteiger partial charge in [0, 0.05) is 49.3 Å². The van der Waals surface area contributed by atoms with Gasteiger partial charge < -0.3 is 4.57 Å². The Labute approximate surface area is 332 Å². The molecule has 0 atom stereocenters. The zero-order valence-electron chi connectivity index (χ0n) is 30.7. The van der Waals surface area contributed by atoms with E-state index in [0.29, 0.717) is 5.95 Å². The van der Waals surface area contributed by atoms with Crippen LogP contribution >= 0.6 is 11.3 Å². The number of para-hydroxylation sites is 3. The van der Waals surface area contributed by atoms with Crippen molar-refractivity contribution in [1.29, 1.82) is 0 Å². The van der Waals surface area contributed by atoms with E-state index in [1.165, 1.54) is 43.5 Å². The minimum atomic E-state index is 0.659. The maximum absolute atomic E-state index is 5.47. The van der Waals surface area contributed by atoms with E-state index in [2.05, 4.69) is 203 Å². The van der Waals surface area contributed by atoms with Gasteiger partial charge in [-0.05, 0) is 58.3 Å². The van der Waals surface area contributed by atoms with Crippen LogP contribution in [0.15, 0.2) is 193 Å². The zero-order chi connectivity index (χ0) is 37.5. The minimum Gasteiger partial charge on any atom is -0.309 e. The molecule has 0 unspecified atom stereocenters. The summed E-state index contributed by atoms with van der Waals surface area (Å²) >= 11 is 1.71. The molecule has 0 amide bonds. The molecule has 0 radical (unpaired) electrons. The second kappa shape index (κ2) is 12.6. The largest absolute Gasteiger partial charge is 0.309 e. The van der Waals surface area contributed by atoms with Crippen molar-refractivity contribution in [3.05, 3.63) is 193 Å². The van der Waals surface area contributed by atoms with Gasteiger partial charge in [0.2, 0.25) is 5.95 Å². The topological polar surface area (TPSA) is 35.6 Å². The lowest BCUT2D eigenvalue weighted by atomic mass is 9.98. The first-order chi connectivity index (χ1) is 28.3. The van der Waals surface area contributed by atoms with Crippen LogP contribution in [0.3, 0.4) is 0 Å². The van der Waals surface area contributed by atoms with E-state index >= 15 is 0 Å². The third kappa shape index (κ3) is 4.86. The molecule has 12 rings (SSSR count). The van der Waals surface area contributed by atoms with Crippen molar-refractivity contribution in [2.75, 3.05) is 0 Å². The summed E-state index contributed by atoms with van der Waals surface area (Å²) in [5, 5.41) is 9.47. The summed E-state index contributed by atoms with van der Waals surface area (Å²) in [6.45, 7) is 0. The first-order valence-electron chi connectivity index (χ1n) is 19.2. The molecule has 4 nitrogen and oxygen atoms in total. The Morgan fingerprint density at radius 2 is 1.09 bits per heavy atom. The lowest BCUT2D eigenvalue weighted by Gasteiger charge is -2.12. The molecule has 0 saturated carbocycles. The van der Waals surface area contributed by atoms with E-state index in [1.54, 1.807) is 11.3 Å². The molecule has 4 aromatic heterocycles. The van der Waals surface area contributed by atoms with Crippen molar-refractivity contribution in [2.24, 2.45) is 0 Å². The summed E-state index contributed by atoms with van der Waals surface area (Å²) in [5.41, 5.74) is 13.3. The summed E-state index contributed by atoms with van der Waals surface area (Å²) in [6, 6.07) is 67.4. The normalized spacial score (nSPS) is 11.9. The highest BCUT2D eigenvalue weighted by atomic mass is 32.1. The number of hydrogen-bond donors (Lipinski definition) is 0. The molecule has 266 valence electrons. The number of rotatable bonds is 5. The molecule has 0 saturated heterocycles. The van der Waals surface area contributed by atoms with Crippen LogP contribution < -0.4 is 0 Å². The van der Waals surface area contributed by atoms with Crippen LogP contribution in [0.4, 0.5) is 0 Å². The SMILES string of the molecule is c1ccc(-c2csc3c(-c4ccccc4)nc(-n4c5ccc(-c6cccc7c8ccccc8n(-c8ccccc8)c67)cc5c5c6ccccc6ccc54)nc23)cc1. The summed E-state index contributed by atoms with van der Waals surface area (Å²) in [6.07, 6.45) is 0. The molecule has 8 aromatic carbocycles. The Balaban J connectivity index is 1.17. The molecule has 57 heavy (non-hydrogen) atoms. The molecule has 12 aromatic rings. The van der Waals surface area contributed by atoms with Gasteiger partial charge in [-0.25, -0.2) is 9.97 Å². The van der Waals surface area contributed by atoms with Crippen molar-refractivity contribution in [1.82, 2.24) is 19.1 Å². The predicted molar refractivity (Wildman–Crippen MR) is 240 cm³/mol. The molecule has 5 heteroatoms. The van der Waals surface area contributed by atoms with Crippen molar-refractivity contribution in [2.45, 2.75) is 0 Å². The quantitative estimate of drug-likeness (QED) is 0.176. The highest BCUT2D eigenvalue weighted by molar-refractivity contribution is 7.18. The van der Waals surface area contributed by atoms with Gasteiger partial charge in [-0.3, -0.25) is 4.57 Å². The lowest BCUT2D eigenvalue weighted by molar-refractivity contribution is 1.02. The monoisotopic (exact) mass is 744 g/mol. The van der Waals surface area contributed by atoms with Crippen molar-refractivity contribution in [3.8, 4) is 45.1 Å². The third-order valence-corrected chi connectivity index (χ3v) is 12.4. The van der Waals surface area contributed by atoms with Gasteiger partial charge in [-0.1, -0.05) is 152 Å². The van der Waals surface area contributed by atoms with Gasteiger partial charge in [0.25, 0.3) is 0 Å². The zero-order valence-corrected chi connectivity index (χ0v) is 31.5. The van der Waals surface area contributed by atoms with E-state index in [9.17, 15) is 0 Å². The number of hydrogen-bond acceptors (Lipinski definition) is 3. The van der Waals surface area contributed by atoms with Gasteiger partial charge in [-0.15, -0.1) is 11.3 Å². The van der Waals surface area contributed by atoms with Crippen molar-refractivity contribution < 1.29 is 0 Å². The Bertz CT molecular complexity index is 3510. The molecule has 0 N–H and O–H groups in total. The summed E-state index contributed by atoms with van der Waals surface area (Å²) < 4.78 is 5.78. The molecule has 0 spiro atoms. The first kappa shape index (κ1) is 32.0. The molecule has 0 aliphatic heterocycles.